The summed E-state index contributed by atoms with van der Waals surface area (Å²) in [6.07, 6.45) is 0. The van der Waals surface area contributed by atoms with Gasteiger partial charge in [0.25, 0.3) is 5.69 Å². The number of aromatic amines is 1. The average Bonchev–Trinajstić information content (AvgIpc) is 3.03. The second kappa shape index (κ2) is 6.50. The van der Waals surface area contributed by atoms with E-state index in [-0.39, 0.29) is 5.69 Å². The van der Waals surface area contributed by atoms with Gasteiger partial charge in [0.2, 0.25) is 0 Å². The molecule has 0 saturated carbocycles. The number of halogens is 1. The summed E-state index contributed by atoms with van der Waals surface area (Å²) < 4.78 is 0. The number of aromatic nitrogens is 2. The van der Waals surface area contributed by atoms with Crippen LogP contribution in [-0.2, 0) is 0 Å². The summed E-state index contributed by atoms with van der Waals surface area (Å²) in [6.45, 7) is 0. The molecule has 0 aliphatic rings. The van der Waals surface area contributed by atoms with Gasteiger partial charge < -0.3 is 5.32 Å². The van der Waals surface area contributed by atoms with Crippen molar-refractivity contribution in [1.29, 1.82) is 0 Å². The van der Waals surface area contributed by atoms with Gasteiger partial charge >= 0.3 is 0 Å². The Morgan fingerprint density at radius 3 is 2.62 bits per heavy atom. The van der Waals surface area contributed by atoms with Crippen molar-refractivity contribution in [3.05, 3.63) is 81.9 Å². The molecular formula is C19H13ClN4O2. The minimum Gasteiger partial charge on any atom is -0.338 e. The summed E-state index contributed by atoms with van der Waals surface area (Å²) in [4.78, 5) is 10.5. The quantitative estimate of drug-likeness (QED) is 0.368. The number of hydrogen-bond acceptors (Lipinski definition) is 4. The van der Waals surface area contributed by atoms with Gasteiger partial charge in [0.1, 0.15) is 0 Å². The highest BCUT2D eigenvalue weighted by atomic mass is 35.5. The SMILES string of the molecule is O=[N+]([O-])c1cccc(Nc2n[nH]c3cc(Cl)c(-c4ccccc4)cc23)c1. The van der Waals surface area contributed by atoms with Crippen LogP contribution in [0.2, 0.25) is 5.02 Å². The van der Waals surface area contributed by atoms with Crippen molar-refractivity contribution in [2.45, 2.75) is 0 Å². The van der Waals surface area contributed by atoms with Gasteiger partial charge in [-0.3, -0.25) is 15.2 Å². The van der Waals surface area contributed by atoms with Crippen LogP contribution in [0.4, 0.5) is 17.2 Å². The standard InChI is InChI=1S/C19H13ClN4O2/c20-17-11-18-16(10-15(17)12-5-2-1-3-6-12)19(23-22-18)21-13-7-4-8-14(9-13)24(25)26/h1-11H,(H2,21,22,23). The highest BCUT2D eigenvalue weighted by Crippen LogP contribution is 2.35. The fourth-order valence-corrected chi connectivity index (χ4v) is 3.08. The van der Waals surface area contributed by atoms with Crippen LogP contribution >= 0.6 is 11.6 Å². The molecule has 6 nitrogen and oxygen atoms in total. The first-order chi connectivity index (χ1) is 12.6. The lowest BCUT2D eigenvalue weighted by Crippen LogP contribution is -1.93. The number of benzene rings is 3. The van der Waals surface area contributed by atoms with Gasteiger partial charge in [-0.05, 0) is 23.8 Å². The van der Waals surface area contributed by atoms with Crippen LogP contribution in [0.15, 0.2) is 66.7 Å². The number of anilines is 2. The van der Waals surface area contributed by atoms with Gasteiger partial charge in [-0.25, -0.2) is 0 Å². The number of fused-ring (bicyclic) bond motifs is 1. The Labute approximate surface area is 153 Å². The van der Waals surface area contributed by atoms with Crippen molar-refractivity contribution in [3.63, 3.8) is 0 Å². The van der Waals surface area contributed by atoms with Crippen LogP contribution in [0.25, 0.3) is 22.0 Å². The van der Waals surface area contributed by atoms with Gasteiger partial charge in [0.05, 0.1) is 15.5 Å². The molecule has 4 aromatic rings. The number of nitrogens with one attached hydrogen (secondary N) is 2. The molecule has 0 fully saturated rings. The zero-order chi connectivity index (χ0) is 18.1. The first-order valence-electron chi connectivity index (χ1n) is 7.86. The van der Waals surface area contributed by atoms with Crippen molar-refractivity contribution in [2.24, 2.45) is 0 Å². The molecule has 0 radical (unpaired) electrons. The molecular weight excluding hydrogens is 352 g/mol. The van der Waals surface area contributed by atoms with Crippen LogP contribution in [0.5, 0.6) is 0 Å². The van der Waals surface area contributed by atoms with E-state index >= 15 is 0 Å². The zero-order valence-electron chi connectivity index (χ0n) is 13.4. The third kappa shape index (κ3) is 2.98. The van der Waals surface area contributed by atoms with Crippen LogP contribution in [0.3, 0.4) is 0 Å². The van der Waals surface area contributed by atoms with Crippen LogP contribution in [0, 0.1) is 10.1 Å². The largest absolute Gasteiger partial charge is 0.338 e. The first-order valence-corrected chi connectivity index (χ1v) is 8.24. The molecule has 7 heteroatoms. The summed E-state index contributed by atoms with van der Waals surface area (Å²) in [5.74, 6) is 0.578. The third-order valence-electron chi connectivity index (χ3n) is 4.05. The van der Waals surface area contributed by atoms with Crippen molar-refractivity contribution >= 4 is 39.7 Å². The van der Waals surface area contributed by atoms with Crippen LogP contribution < -0.4 is 5.32 Å². The molecule has 1 heterocycles. The lowest BCUT2D eigenvalue weighted by Gasteiger charge is -2.07. The van der Waals surface area contributed by atoms with Gasteiger partial charge in [0.15, 0.2) is 5.82 Å². The predicted octanol–water partition coefficient (Wildman–Crippen LogP) is 5.54. The molecule has 0 unspecified atom stereocenters. The van der Waals surface area contributed by atoms with Crippen molar-refractivity contribution in [1.82, 2.24) is 10.2 Å². The Bertz CT molecular complexity index is 1110. The van der Waals surface area contributed by atoms with E-state index in [1.165, 1.54) is 12.1 Å². The Morgan fingerprint density at radius 1 is 1.04 bits per heavy atom. The fraction of sp³-hybridized carbons (Fsp3) is 0. The monoisotopic (exact) mass is 364 g/mol. The van der Waals surface area contributed by atoms with E-state index in [1.54, 1.807) is 12.1 Å². The Morgan fingerprint density at radius 2 is 1.85 bits per heavy atom. The summed E-state index contributed by atoms with van der Waals surface area (Å²) >= 11 is 6.42. The van der Waals surface area contributed by atoms with Crippen LogP contribution in [0.1, 0.15) is 0 Å². The van der Waals surface area contributed by atoms with Crippen molar-refractivity contribution in [3.8, 4) is 11.1 Å². The number of H-pyrrole nitrogens is 1. The van der Waals surface area contributed by atoms with Crippen molar-refractivity contribution < 1.29 is 4.92 Å². The first kappa shape index (κ1) is 16.1. The van der Waals surface area contributed by atoms with Crippen LogP contribution in [-0.4, -0.2) is 15.1 Å². The lowest BCUT2D eigenvalue weighted by molar-refractivity contribution is -0.384. The Kier molecular flexibility index (Phi) is 4.02. The summed E-state index contributed by atoms with van der Waals surface area (Å²) in [5, 5.41) is 22.8. The molecule has 4 rings (SSSR count). The molecule has 26 heavy (non-hydrogen) atoms. The van der Waals surface area contributed by atoms with Gasteiger partial charge in [-0.2, -0.15) is 5.10 Å². The van der Waals surface area contributed by atoms with E-state index in [1.807, 2.05) is 42.5 Å². The second-order valence-electron chi connectivity index (χ2n) is 5.75. The second-order valence-corrected chi connectivity index (χ2v) is 6.16. The number of non-ortho nitro benzene ring substituents is 1. The Hall–Kier alpha value is -3.38. The highest BCUT2D eigenvalue weighted by Gasteiger charge is 2.13. The molecule has 0 saturated heterocycles. The lowest BCUT2D eigenvalue weighted by atomic mass is 10.0. The predicted molar refractivity (Wildman–Crippen MR) is 103 cm³/mol. The van der Waals surface area contributed by atoms with E-state index in [9.17, 15) is 10.1 Å². The topological polar surface area (TPSA) is 83.8 Å². The minimum atomic E-state index is -0.429. The number of nitro groups is 1. The fourth-order valence-electron chi connectivity index (χ4n) is 2.81. The molecule has 0 amide bonds. The zero-order valence-corrected chi connectivity index (χ0v) is 14.2. The third-order valence-corrected chi connectivity index (χ3v) is 4.37. The van der Waals surface area contributed by atoms with E-state index in [2.05, 4.69) is 15.5 Å². The van der Waals surface area contributed by atoms with E-state index in [4.69, 9.17) is 11.6 Å². The number of hydrogen-bond donors (Lipinski definition) is 2. The van der Waals surface area contributed by atoms with Gasteiger partial charge in [-0.1, -0.05) is 48.0 Å². The maximum Gasteiger partial charge on any atom is 0.271 e. The molecule has 1 aromatic heterocycles. The molecule has 0 atom stereocenters. The van der Waals surface area contributed by atoms with Gasteiger partial charge in [0, 0.05) is 28.8 Å². The molecule has 128 valence electrons. The molecule has 0 bridgehead atoms. The van der Waals surface area contributed by atoms with Gasteiger partial charge in [-0.15, -0.1) is 0 Å². The minimum absolute atomic E-state index is 0.0165. The normalized spacial score (nSPS) is 10.8. The van der Waals surface area contributed by atoms with E-state index < -0.39 is 4.92 Å². The maximum absolute atomic E-state index is 10.9. The average molecular weight is 365 g/mol. The molecule has 0 aliphatic heterocycles. The summed E-state index contributed by atoms with van der Waals surface area (Å²) in [6, 6.07) is 19.9. The summed E-state index contributed by atoms with van der Waals surface area (Å²) in [5.41, 5.74) is 3.28. The molecule has 0 spiro atoms. The highest BCUT2D eigenvalue weighted by molar-refractivity contribution is 6.34. The van der Waals surface area contributed by atoms with E-state index in [0.29, 0.717) is 16.5 Å². The maximum atomic E-state index is 10.9. The summed E-state index contributed by atoms with van der Waals surface area (Å²) in [7, 11) is 0. The Balaban J connectivity index is 1.77. The van der Waals surface area contributed by atoms with E-state index in [0.717, 1.165) is 22.0 Å². The molecule has 0 aliphatic carbocycles. The number of nitrogens with zero attached hydrogens (tertiary/aromatic N) is 2. The number of nitro benzene ring substituents is 1. The molecule has 3 aromatic carbocycles. The number of rotatable bonds is 4. The molecule has 2 N–H and O–H groups in total. The smallest absolute Gasteiger partial charge is 0.271 e. The van der Waals surface area contributed by atoms with Crippen molar-refractivity contribution in [2.75, 3.05) is 5.32 Å².